The lowest BCUT2D eigenvalue weighted by Crippen LogP contribution is -2.59. The Hall–Kier alpha value is -1.79. The predicted molar refractivity (Wildman–Crippen MR) is 122 cm³/mol. The number of piperazine rings is 1. The van der Waals surface area contributed by atoms with Crippen LogP contribution in [0.2, 0.25) is 0 Å². The first-order valence-electron chi connectivity index (χ1n) is 13.1. The molecule has 1 aliphatic heterocycles. The second-order valence-corrected chi connectivity index (χ2v) is 11.4. The molecule has 0 aromatic carbocycles. The van der Waals surface area contributed by atoms with Gasteiger partial charge in [-0.2, -0.15) is 0 Å². The molecule has 5 saturated carbocycles. The van der Waals surface area contributed by atoms with E-state index in [1.165, 1.54) is 44.9 Å². The molecule has 7 heteroatoms. The molecule has 0 radical (unpaired) electrons. The molecule has 6 aliphatic rings. The maximum Gasteiger partial charge on any atom is 0.317 e. The van der Waals surface area contributed by atoms with E-state index in [4.69, 9.17) is 0 Å². The van der Waals surface area contributed by atoms with Crippen molar-refractivity contribution in [3.63, 3.8) is 0 Å². The quantitative estimate of drug-likeness (QED) is 0.618. The first kappa shape index (κ1) is 22.0. The zero-order chi connectivity index (χ0) is 22.1. The SMILES string of the molecule is O=C(CC1CCCC1)NCCNC(=O)N1CCN(C(=O)C23CC4CC(CC(C4)C2)C3)CC1. The Kier molecular flexibility index (Phi) is 6.35. The molecular weight excluding hydrogens is 404 g/mol. The van der Waals surface area contributed by atoms with Crippen molar-refractivity contribution in [2.75, 3.05) is 39.3 Å². The van der Waals surface area contributed by atoms with Gasteiger partial charge >= 0.3 is 6.03 Å². The van der Waals surface area contributed by atoms with E-state index < -0.39 is 0 Å². The van der Waals surface area contributed by atoms with Gasteiger partial charge in [-0.1, -0.05) is 12.8 Å². The molecule has 32 heavy (non-hydrogen) atoms. The van der Waals surface area contributed by atoms with E-state index in [0.29, 0.717) is 57.5 Å². The summed E-state index contributed by atoms with van der Waals surface area (Å²) in [6, 6.07) is -0.0862. The fourth-order valence-electron chi connectivity index (χ4n) is 7.85. The average Bonchev–Trinajstić information content (AvgIpc) is 3.28. The summed E-state index contributed by atoms with van der Waals surface area (Å²) >= 11 is 0. The Morgan fingerprint density at radius 2 is 1.28 bits per heavy atom. The molecule has 7 nitrogen and oxygen atoms in total. The second kappa shape index (κ2) is 9.22. The summed E-state index contributed by atoms with van der Waals surface area (Å²) in [4.78, 5) is 41.9. The number of rotatable bonds is 6. The van der Waals surface area contributed by atoms with Gasteiger partial charge in [0.15, 0.2) is 0 Å². The van der Waals surface area contributed by atoms with Gasteiger partial charge in [-0.25, -0.2) is 4.79 Å². The lowest BCUT2D eigenvalue weighted by Gasteiger charge is -2.57. The highest BCUT2D eigenvalue weighted by Crippen LogP contribution is 2.60. The molecule has 4 bridgehead atoms. The Bertz CT molecular complexity index is 689. The highest BCUT2D eigenvalue weighted by Gasteiger charge is 2.55. The number of carbonyl (C=O) groups excluding carboxylic acids is 3. The van der Waals surface area contributed by atoms with Gasteiger partial charge in [0.1, 0.15) is 0 Å². The lowest BCUT2D eigenvalue weighted by atomic mass is 9.49. The Balaban J connectivity index is 1.01. The third-order valence-electron chi connectivity index (χ3n) is 9.02. The van der Waals surface area contributed by atoms with Crippen molar-refractivity contribution in [1.82, 2.24) is 20.4 Å². The lowest BCUT2D eigenvalue weighted by molar-refractivity contribution is -0.159. The van der Waals surface area contributed by atoms with Crippen molar-refractivity contribution in [3.8, 4) is 0 Å². The van der Waals surface area contributed by atoms with Gasteiger partial charge in [-0.3, -0.25) is 9.59 Å². The van der Waals surface area contributed by atoms with Crippen LogP contribution < -0.4 is 10.6 Å². The van der Waals surface area contributed by atoms with E-state index in [1.54, 1.807) is 0 Å². The zero-order valence-corrected chi connectivity index (χ0v) is 19.4. The third-order valence-corrected chi connectivity index (χ3v) is 9.02. The van der Waals surface area contributed by atoms with Gasteiger partial charge in [0, 0.05) is 45.7 Å². The second-order valence-electron chi connectivity index (χ2n) is 11.4. The molecule has 0 unspecified atom stereocenters. The summed E-state index contributed by atoms with van der Waals surface area (Å²) in [5, 5.41) is 5.85. The molecule has 6 rings (SSSR count). The molecule has 2 N–H and O–H groups in total. The van der Waals surface area contributed by atoms with Gasteiger partial charge in [0.25, 0.3) is 0 Å². The Morgan fingerprint density at radius 1 is 0.750 bits per heavy atom. The van der Waals surface area contributed by atoms with Crippen LogP contribution in [0.4, 0.5) is 4.79 Å². The predicted octanol–water partition coefficient (Wildman–Crippen LogP) is 2.75. The molecule has 1 saturated heterocycles. The maximum atomic E-state index is 13.5. The summed E-state index contributed by atoms with van der Waals surface area (Å²) in [6.07, 6.45) is 12.8. The van der Waals surface area contributed by atoms with Gasteiger partial charge in [0.05, 0.1) is 5.41 Å². The molecule has 6 fully saturated rings. The number of hydrogen-bond donors (Lipinski definition) is 2. The van der Waals surface area contributed by atoms with Gasteiger partial charge in [-0.05, 0) is 75.0 Å². The molecule has 0 atom stereocenters. The number of nitrogens with zero attached hydrogens (tertiary/aromatic N) is 2. The van der Waals surface area contributed by atoms with E-state index in [-0.39, 0.29) is 17.4 Å². The normalized spacial score (nSPS) is 34.1. The smallest absolute Gasteiger partial charge is 0.317 e. The van der Waals surface area contributed by atoms with E-state index in [9.17, 15) is 14.4 Å². The fourth-order valence-corrected chi connectivity index (χ4v) is 7.85. The molecule has 1 heterocycles. The highest BCUT2D eigenvalue weighted by molar-refractivity contribution is 5.84. The van der Waals surface area contributed by atoms with Crippen LogP contribution in [0.5, 0.6) is 0 Å². The molecule has 0 aromatic rings. The number of carbonyl (C=O) groups is 3. The topological polar surface area (TPSA) is 81.8 Å². The maximum absolute atomic E-state index is 13.5. The third kappa shape index (κ3) is 4.62. The van der Waals surface area contributed by atoms with Crippen molar-refractivity contribution < 1.29 is 14.4 Å². The Morgan fingerprint density at radius 3 is 1.88 bits per heavy atom. The van der Waals surface area contributed by atoms with E-state index in [2.05, 4.69) is 10.6 Å². The first-order valence-corrected chi connectivity index (χ1v) is 13.1. The van der Waals surface area contributed by atoms with E-state index in [1.807, 2.05) is 9.80 Å². The summed E-state index contributed by atoms with van der Waals surface area (Å²) < 4.78 is 0. The standard InChI is InChI=1S/C25H40N4O3/c30-22(14-18-3-1-2-4-18)26-5-6-27-24(32)29-9-7-28(8-10-29)23(31)25-15-19-11-20(16-25)13-21(12-19)17-25/h18-21H,1-17H2,(H,26,30)(H,27,32). The van der Waals surface area contributed by atoms with Crippen LogP contribution in [0.25, 0.3) is 0 Å². The summed E-state index contributed by atoms with van der Waals surface area (Å²) in [7, 11) is 0. The van der Waals surface area contributed by atoms with Crippen LogP contribution in [0.1, 0.15) is 70.6 Å². The van der Waals surface area contributed by atoms with Crippen LogP contribution >= 0.6 is 0 Å². The number of amides is 4. The summed E-state index contributed by atoms with van der Waals surface area (Å²) in [5.74, 6) is 3.34. The Labute approximate surface area is 192 Å². The highest BCUT2D eigenvalue weighted by atomic mass is 16.2. The zero-order valence-electron chi connectivity index (χ0n) is 19.4. The largest absolute Gasteiger partial charge is 0.354 e. The summed E-state index contributed by atoms with van der Waals surface area (Å²) in [5.41, 5.74) is -0.0874. The molecule has 0 spiro atoms. The molecular formula is C25H40N4O3. The molecule has 5 aliphatic carbocycles. The summed E-state index contributed by atoms with van der Waals surface area (Å²) in [6.45, 7) is 3.40. The van der Waals surface area contributed by atoms with E-state index in [0.717, 1.165) is 37.0 Å². The van der Waals surface area contributed by atoms with Crippen molar-refractivity contribution >= 4 is 17.8 Å². The van der Waals surface area contributed by atoms with Crippen LogP contribution in [-0.2, 0) is 9.59 Å². The van der Waals surface area contributed by atoms with Crippen molar-refractivity contribution in [2.45, 2.75) is 70.6 Å². The molecule has 0 aromatic heterocycles. The number of urea groups is 1. The average molecular weight is 445 g/mol. The van der Waals surface area contributed by atoms with Crippen molar-refractivity contribution in [1.29, 1.82) is 0 Å². The van der Waals surface area contributed by atoms with Crippen LogP contribution in [-0.4, -0.2) is 66.9 Å². The van der Waals surface area contributed by atoms with Crippen LogP contribution in [0, 0.1) is 29.1 Å². The van der Waals surface area contributed by atoms with Gasteiger partial charge < -0.3 is 20.4 Å². The first-order chi connectivity index (χ1) is 15.5. The van der Waals surface area contributed by atoms with Crippen LogP contribution in [0.3, 0.4) is 0 Å². The fraction of sp³-hybridized carbons (Fsp3) is 0.880. The van der Waals surface area contributed by atoms with Gasteiger partial charge in [-0.15, -0.1) is 0 Å². The minimum atomic E-state index is -0.0874. The monoisotopic (exact) mass is 444 g/mol. The molecule has 178 valence electrons. The van der Waals surface area contributed by atoms with Gasteiger partial charge in [0.2, 0.25) is 11.8 Å². The molecule has 4 amide bonds. The number of nitrogens with one attached hydrogen (secondary N) is 2. The van der Waals surface area contributed by atoms with Crippen molar-refractivity contribution in [3.05, 3.63) is 0 Å². The van der Waals surface area contributed by atoms with Crippen molar-refractivity contribution in [2.24, 2.45) is 29.1 Å². The van der Waals surface area contributed by atoms with Crippen LogP contribution in [0.15, 0.2) is 0 Å². The minimum absolute atomic E-state index is 0.0862. The van der Waals surface area contributed by atoms with E-state index >= 15 is 0 Å². The number of hydrogen-bond acceptors (Lipinski definition) is 3. The minimum Gasteiger partial charge on any atom is -0.354 e.